The number of thiol groups is 1. The van der Waals surface area contributed by atoms with Crippen LogP contribution in [0.2, 0.25) is 0 Å². The highest BCUT2D eigenvalue weighted by Crippen LogP contribution is 2.25. The summed E-state index contributed by atoms with van der Waals surface area (Å²) in [4.78, 5) is 11.2. The van der Waals surface area contributed by atoms with Gasteiger partial charge in [-0.15, -0.1) is 12.6 Å². The summed E-state index contributed by atoms with van der Waals surface area (Å²) in [5, 5.41) is 3.19. The number of alkyl halides is 3. The topological polar surface area (TPSA) is 46.5 Å². The molecule has 0 spiro atoms. The van der Waals surface area contributed by atoms with Crippen molar-refractivity contribution in [3.05, 3.63) is 35.9 Å². The summed E-state index contributed by atoms with van der Waals surface area (Å²) < 4.78 is 41.6. The average molecular weight is 282 g/mol. The lowest BCUT2D eigenvalue weighted by atomic mass is 10.2. The van der Waals surface area contributed by atoms with Crippen molar-refractivity contribution in [2.75, 3.05) is 13.7 Å². The molecule has 0 fully saturated rings. The number of hydrogen-bond donors (Lipinski definition) is 2. The van der Waals surface area contributed by atoms with Crippen LogP contribution in [0, 0.1) is 0 Å². The molecule has 0 bridgehead atoms. The van der Waals surface area contributed by atoms with E-state index in [1.165, 1.54) is 12.1 Å². The Hall–Kier alpha value is -1.21. The molecule has 0 heterocycles. The minimum atomic E-state index is -3.81. The molecule has 1 unspecified atom stereocenters. The van der Waals surface area contributed by atoms with Crippen molar-refractivity contribution < 1.29 is 27.8 Å². The Kier molecular flexibility index (Phi) is 7.45. The molecular weight excluding hydrogens is 269 g/mol. The van der Waals surface area contributed by atoms with Gasteiger partial charge in [-0.05, 0) is 12.1 Å². The second-order valence-corrected chi connectivity index (χ2v) is 3.62. The lowest BCUT2D eigenvalue weighted by Gasteiger charge is -2.14. The van der Waals surface area contributed by atoms with Crippen LogP contribution in [-0.2, 0) is 4.74 Å². The van der Waals surface area contributed by atoms with Gasteiger partial charge in [-0.3, -0.25) is 0 Å². The van der Waals surface area contributed by atoms with Gasteiger partial charge in [0.15, 0.2) is 0 Å². The molecule has 1 aromatic carbocycles. The van der Waals surface area contributed by atoms with E-state index in [0.29, 0.717) is 0 Å². The van der Waals surface area contributed by atoms with Crippen LogP contribution in [0.15, 0.2) is 30.3 Å². The van der Waals surface area contributed by atoms with E-state index in [2.05, 4.69) is 17.4 Å². The Balaban J connectivity index is 0.00000137. The standard InChI is InChI=1S/C10H9F3O2S.CH4O/c11-8(10(12,13)16)6-15-9(14)7-4-2-1-3-5-7;1-2/h1-5,8,16H,6H2;2H,1H3. The van der Waals surface area contributed by atoms with Gasteiger partial charge in [-0.1, -0.05) is 18.2 Å². The molecule has 102 valence electrons. The van der Waals surface area contributed by atoms with Crippen molar-refractivity contribution in [3.8, 4) is 0 Å². The number of rotatable bonds is 4. The molecule has 1 N–H and O–H groups in total. The summed E-state index contributed by atoms with van der Waals surface area (Å²) >= 11 is 2.74. The number of esters is 1. The molecule has 3 nitrogen and oxygen atoms in total. The molecule has 0 radical (unpaired) electrons. The number of aliphatic hydroxyl groups is 1. The summed E-state index contributed by atoms with van der Waals surface area (Å²) in [5.74, 6) is -0.846. The van der Waals surface area contributed by atoms with Crippen LogP contribution >= 0.6 is 12.6 Å². The Morgan fingerprint density at radius 1 is 1.39 bits per heavy atom. The average Bonchev–Trinajstić information content (AvgIpc) is 2.37. The summed E-state index contributed by atoms with van der Waals surface area (Å²) in [6.45, 7) is -1.02. The van der Waals surface area contributed by atoms with Gasteiger partial charge in [-0.2, -0.15) is 8.78 Å². The highest BCUT2D eigenvalue weighted by Gasteiger charge is 2.36. The van der Waals surface area contributed by atoms with E-state index in [4.69, 9.17) is 5.11 Å². The van der Waals surface area contributed by atoms with E-state index >= 15 is 0 Å². The number of aliphatic hydroxyl groups excluding tert-OH is 1. The van der Waals surface area contributed by atoms with Gasteiger partial charge in [-0.25, -0.2) is 9.18 Å². The Labute approximate surface area is 108 Å². The van der Waals surface area contributed by atoms with Gasteiger partial charge in [0.05, 0.1) is 5.56 Å². The largest absolute Gasteiger partial charge is 0.459 e. The van der Waals surface area contributed by atoms with E-state index in [9.17, 15) is 18.0 Å². The van der Waals surface area contributed by atoms with Crippen LogP contribution in [0.3, 0.4) is 0 Å². The monoisotopic (exact) mass is 282 g/mol. The maximum Gasteiger partial charge on any atom is 0.338 e. The SMILES string of the molecule is CO.O=C(OCC(F)C(F)(F)S)c1ccccc1. The molecule has 7 heteroatoms. The molecule has 0 aliphatic carbocycles. The molecular formula is C11H13F3O3S. The molecule has 1 aromatic rings. The zero-order chi connectivity index (χ0) is 14.2. The smallest absolute Gasteiger partial charge is 0.338 e. The predicted molar refractivity (Wildman–Crippen MR) is 63.7 cm³/mol. The van der Waals surface area contributed by atoms with Crippen LogP contribution in [0.5, 0.6) is 0 Å². The second kappa shape index (κ2) is 7.99. The fourth-order valence-corrected chi connectivity index (χ4v) is 0.981. The Morgan fingerprint density at radius 3 is 2.33 bits per heavy atom. The first-order valence-corrected chi connectivity index (χ1v) is 5.27. The molecule has 1 atom stereocenters. The second-order valence-electron chi connectivity index (χ2n) is 3.02. The number of carbonyl (C=O) groups excluding carboxylic acids is 1. The highest BCUT2D eigenvalue weighted by molar-refractivity contribution is 7.81. The van der Waals surface area contributed by atoms with Gasteiger partial charge in [0.2, 0.25) is 6.17 Å². The molecule has 0 amide bonds. The van der Waals surface area contributed by atoms with Crippen molar-refractivity contribution >= 4 is 18.6 Å². The lowest BCUT2D eigenvalue weighted by molar-refractivity contribution is -0.0229. The summed E-state index contributed by atoms with van der Waals surface area (Å²) in [6, 6.07) is 7.72. The van der Waals surface area contributed by atoms with Crippen LogP contribution in [0.25, 0.3) is 0 Å². The zero-order valence-corrected chi connectivity index (χ0v) is 10.4. The highest BCUT2D eigenvalue weighted by atomic mass is 32.1. The van der Waals surface area contributed by atoms with Crippen molar-refractivity contribution in [3.63, 3.8) is 0 Å². The quantitative estimate of drug-likeness (QED) is 0.658. The lowest BCUT2D eigenvalue weighted by Crippen LogP contribution is -2.29. The van der Waals surface area contributed by atoms with Crippen molar-refractivity contribution in [1.82, 2.24) is 0 Å². The molecule has 0 saturated heterocycles. The number of benzene rings is 1. The summed E-state index contributed by atoms with van der Waals surface area (Å²) in [6.07, 6.45) is -2.62. The zero-order valence-electron chi connectivity index (χ0n) is 9.52. The van der Waals surface area contributed by atoms with E-state index in [-0.39, 0.29) is 5.56 Å². The minimum absolute atomic E-state index is 0.178. The first-order chi connectivity index (χ1) is 8.41. The molecule has 0 saturated carbocycles. The number of halogens is 3. The fraction of sp³-hybridized carbons (Fsp3) is 0.364. The normalized spacial score (nSPS) is 12.1. The molecule has 18 heavy (non-hydrogen) atoms. The van der Waals surface area contributed by atoms with Crippen LogP contribution in [0.1, 0.15) is 10.4 Å². The fourth-order valence-electron chi connectivity index (χ4n) is 0.907. The van der Waals surface area contributed by atoms with Gasteiger partial charge in [0.1, 0.15) is 6.61 Å². The maximum atomic E-state index is 12.7. The van der Waals surface area contributed by atoms with Gasteiger partial charge in [0.25, 0.3) is 0 Å². The number of hydrogen-bond acceptors (Lipinski definition) is 4. The molecule has 0 aromatic heterocycles. The Bertz CT molecular complexity index is 354. The van der Waals surface area contributed by atoms with E-state index < -0.39 is 24.0 Å². The number of ether oxygens (including phenoxy) is 1. The maximum absolute atomic E-state index is 12.7. The van der Waals surface area contributed by atoms with Gasteiger partial charge in [0, 0.05) is 7.11 Å². The first kappa shape index (κ1) is 16.8. The minimum Gasteiger partial charge on any atom is -0.459 e. The van der Waals surface area contributed by atoms with Gasteiger partial charge < -0.3 is 9.84 Å². The Morgan fingerprint density at radius 2 is 1.89 bits per heavy atom. The van der Waals surface area contributed by atoms with Crippen LogP contribution in [-0.4, -0.2) is 36.2 Å². The third kappa shape index (κ3) is 5.92. The van der Waals surface area contributed by atoms with Crippen LogP contribution in [0.4, 0.5) is 13.2 Å². The predicted octanol–water partition coefficient (Wildman–Crippen LogP) is 2.31. The van der Waals surface area contributed by atoms with Crippen molar-refractivity contribution in [2.45, 2.75) is 11.4 Å². The molecule has 1 rings (SSSR count). The van der Waals surface area contributed by atoms with Crippen LogP contribution < -0.4 is 0 Å². The van der Waals surface area contributed by atoms with Crippen molar-refractivity contribution in [2.24, 2.45) is 0 Å². The summed E-state index contributed by atoms with van der Waals surface area (Å²) in [5.41, 5.74) is 0.178. The molecule has 0 aliphatic heterocycles. The third-order valence-corrected chi connectivity index (χ3v) is 2.03. The number of carbonyl (C=O) groups is 1. The van der Waals surface area contributed by atoms with E-state index in [1.54, 1.807) is 18.2 Å². The summed E-state index contributed by atoms with van der Waals surface area (Å²) in [7, 11) is 1.00. The van der Waals surface area contributed by atoms with Crippen molar-refractivity contribution in [1.29, 1.82) is 0 Å². The third-order valence-electron chi connectivity index (χ3n) is 1.75. The first-order valence-electron chi connectivity index (χ1n) is 4.82. The van der Waals surface area contributed by atoms with Gasteiger partial charge >= 0.3 is 11.2 Å². The van der Waals surface area contributed by atoms with E-state index in [0.717, 1.165) is 7.11 Å². The molecule has 0 aliphatic rings. The van der Waals surface area contributed by atoms with E-state index in [1.807, 2.05) is 0 Å².